The van der Waals surface area contributed by atoms with E-state index in [1.165, 1.54) is 0 Å². The van der Waals surface area contributed by atoms with E-state index in [4.69, 9.17) is 9.72 Å². The lowest BCUT2D eigenvalue weighted by atomic mass is 10.0. The molecule has 11 heteroatoms. The zero-order chi connectivity index (χ0) is 27.9. The Hall–Kier alpha value is -4.64. The van der Waals surface area contributed by atoms with Crippen molar-refractivity contribution in [3.8, 4) is 28.1 Å². The van der Waals surface area contributed by atoms with Gasteiger partial charge in [-0.1, -0.05) is 24.3 Å². The minimum atomic E-state index is -0.127. The smallest absolute Gasteiger partial charge is 0.251 e. The van der Waals surface area contributed by atoms with Crippen molar-refractivity contribution in [2.24, 2.45) is 0 Å². The molecular formula is C29H33N9O2. The van der Waals surface area contributed by atoms with E-state index in [1.807, 2.05) is 67.7 Å². The molecule has 0 unspecified atom stereocenters. The number of carbonyl (C=O) groups is 1. The van der Waals surface area contributed by atoms with Crippen molar-refractivity contribution in [2.45, 2.75) is 32.4 Å². The van der Waals surface area contributed by atoms with Crippen molar-refractivity contribution < 1.29 is 9.53 Å². The normalized spacial score (nSPS) is 12.1. The van der Waals surface area contributed by atoms with Gasteiger partial charge in [0.1, 0.15) is 18.2 Å². The number of unbranched alkanes of at least 4 members (excludes halogenated alkanes) is 1. The number of hydrogen-bond donors (Lipinski definition) is 1. The first kappa shape index (κ1) is 26.9. The van der Waals surface area contributed by atoms with E-state index in [0.29, 0.717) is 24.3 Å². The molecule has 0 aliphatic heterocycles. The van der Waals surface area contributed by atoms with Crippen LogP contribution < -0.4 is 10.1 Å². The van der Waals surface area contributed by atoms with Gasteiger partial charge in [0.25, 0.3) is 5.91 Å². The van der Waals surface area contributed by atoms with Crippen LogP contribution in [0.2, 0.25) is 0 Å². The summed E-state index contributed by atoms with van der Waals surface area (Å²) in [6.45, 7) is 4.16. The highest BCUT2D eigenvalue weighted by Crippen LogP contribution is 2.28. The van der Waals surface area contributed by atoms with Crippen molar-refractivity contribution in [1.82, 2.24) is 45.0 Å². The first-order chi connectivity index (χ1) is 19.5. The number of benzene rings is 2. The van der Waals surface area contributed by atoms with Crippen LogP contribution in [0.15, 0.2) is 73.3 Å². The van der Waals surface area contributed by atoms with Crippen molar-refractivity contribution in [1.29, 1.82) is 0 Å². The van der Waals surface area contributed by atoms with E-state index in [0.717, 1.165) is 47.5 Å². The molecule has 5 rings (SSSR count). The van der Waals surface area contributed by atoms with Gasteiger partial charge < -0.3 is 15.0 Å². The molecule has 0 aliphatic carbocycles. The van der Waals surface area contributed by atoms with Crippen molar-refractivity contribution in [2.75, 3.05) is 27.2 Å². The highest BCUT2D eigenvalue weighted by molar-refractivity contribution is 5.96. The molecule has 11 nitrogen and oxygen atoms in total. The Morgan fingerprint density at radius 1 is 1.07 bits per heavy atom. The van der Waals surface area contributed by atoms with E-state index in [9.17, 15) is 4.79 Å². The van der Waals surface area contributed by atoms with Gasteiger partial charge in [0, 0.05) is 29.4 Å². The van der Waals surface area contributed by atoms with E-state index in [2.05, 4.69) is 44.9 Å². The van der Waals surface area contributed by atoms with Gasteiger partial charge in [0.05, 0.1) is 18.4 Å². The standard InChI is InChI=1S/C29H33N9O2/c1-21(19-37-20-31-34-35-37)40-25-11-7-9-23(17-25)27-12-15-38-28(33-27)26(18-32-38)22-8-6-10-24(16-22)29(39)30-13-4-5-14-36(2)3/h6-12,15-18,20-21H,4-5,13-14,19H2,1-3H3,(H,30,39)/t21-/m0/s1. The van der Waals surface area contributed by atoms with Crippen LogP contribution in [0.5, 0.6) is 5.75 Å². The molecule has 0 aliphatic rings. The van der Waals surface area contributed by atoms with E-state index in [-0.39, 0.29) is 12.0 Å². The molecule has 0 fully saturated rings. The SMILES string of the molecule is C[C@@H](Cn1cnnn1)Oc1cccc(-c2ccn3ncc(-c4cccc(C(=O)NCCCCN(C)C)c4)c3n2)c1. The van der Waals surface area contributed by atoms with Gasteiger partial charge in [0.15, 0.2) is 5.65 Å². The van der Waals surface area contributed by atoms with Gasteiger partial charge in [-0.05, 0) is 86.7 Å². The lowest BCUT2D eigenvalue weighted by Gasteiger charge is -2.15. The number of carbonyl (C=O) groups excluding carboxylic acids is 1. The predicted molar refractivity (Wildman–Crippen MR) is 152 cm³/mol. The average molecular weight is 540 g/mol. The quantitative estimate of drug-likeness (QED) is 0.239. The molecule has 0 bridgehead atoms. The van der Waals surface area contributed by atoms with E-state index in [1.54, 1.807) is 21.7 Å². The number of nitrogens with one attached hydrogen (secondary N) is 1. The molecule has 5 aromatic rings. The predicted octanol–water partition coefficient (Wildman–Crippen LogP) is 3.59. The molecule has 0 spiro atoms. The van der Waals surface area contributed by atoms with Gasteiger partial charge >= 0.3 is 0 Å². The maximum absolute atomic E-state index is 12.8. The number of tetrazole rings is 1. The van der Waals surface area contributed by atoms with Gasteiger partial charge in [-0.15, -0.1) is 5.10 Å². The summed E-state index contributed by atoms with van der Waals surface area (Å²) in [6, 6.07) is 17.3. The Morgan fingerprint density at radius 2 is 1.93 bits per heavy atom. The third-order valence-corrected chi connectivity index (χ3v) is 6.43. The fraction of sp³-hybridized carbons (Fsp3) is 0.310. The molecule has 1 N–H and O–H groups in total. The second-order valence-corrected chi connectivity index (χ2v) is 9.97. The number of amides is 1. The Labute approximate surface area is 232 Å². The Morgan fingerprint density at radius 3 is 2.75 bits per heavy atom. The summed E-state index contributed by atoms with van der Waals surface area (Å²) in [5.74, 6) is 0.650. The van der Waals surface area contributed by atoms with Crippen LogP contribution in [-0.4, -0.2) is 78.9 Å². The van der Waals surface area contributed by atoms with E-state index < -0.39 is 0 Å². The largest absolute Gasteiger partial charge is 0.489 e. The Balaban J connectivity index is 1.32. The van der Waals surface area contributed by atoms with Crippen molar-refractivity contribution in [3.63, 3.8) is 0 Å². The van der Waals surface area contributed by atoms with Crippen LogP contribution in [0, 0.1) is 0 Å². The molecule has 0 radical (unpaired) electrons. The maximum Gasteiger partial charge on any atom is 0.251 e. The molecule has 1 amide bonds. The monoisotopic (exact) mass is 539 g/mol. The summed E-state index contributed by atoms with van der Waals surface area (Å²) in [7, 11) is 4.10. The van der Waals surface area contributed by atoms with Crippen LogP contribution >= 0.6 is 0 Å². The van der Waals surface area contributed by atoms with Crippen LogP contribution in [-0.2, 0) is 6.54 Å². The second kappa shape index (κ2) is 12.5. The molecule has 0 saturated heterocycles. The Bertz CT molecular complexity index is 1560. The topological polar surface area (TPSA) is 115 Å². The summed E-state index contributed by atoms with van der Waals surface area (Å²) in [5.41, 5.74) is 4.76. The lowest BCUT2D eigenvalue weighted by molar-refractivity contribution is 0.0953. The van der Waals surface area contributed by atoms with Gasteiger partial charge in [0.2, 0.25) is 0 Å². The molecule has 3 heterocycles. The average Bonchev–Trinajstić information content (AvgIpc) is 3.62. The molecule has 2 aromatic carbocycles. The van der Waals surface area contributed by atoms with Gasteiger partial charge in [-0.2, -0.15) is 5.10 Å². The molecule has 40 heavy (non-hydrogen) atoms. The maximum atomic E-state index is 12.8. The summed E-state index contributed by atoms with van der Waals surface area (Å²) in [5, 5.41) is 18.7. The first-order valence-electron chi connectivity index (χ1n) is 13.3. The summed E-state index contributed by atoms with van der Waals surface area (Å²) < 4.78 is 9.48. The number of ether oxygens (including phenoxy) is 1. The lowest BCUT2D eigenvalue weighted by Crippen LogP contribution is -2.25. The summed E-state index contributed by atoms with van der Waals surface area (Å²) in [4.78, 5) is 19.9. The zero-order valence-corrected chi connectivity index (χ0v) is 22.9. The molecule has 1 atom stereocenters. The number of rotatable bonds is 12. The highest BCUT2D eigenvalue weighted by atomic mass is 16.5. The third kappa shape index (κ3) is 6.67. The first-order valence-corrected chi connectivity index (χ1v) is 13.3. The second-order valence-electron chi connectivity index (χ2n) is 9.97. The molecule has 206 valence electrons. The number of nitrogens with zero attached hydrogens (tertiary/aromatic N) is 8. The van der Waals surface area contributed by atoms with Crippen LogP contribution in [0.25, 0.3) is 28.0 Å². The summed E-state index contributed by atoms with van der Waals surface area (Å²) in [6.07, 6.45) is 7.09. The molecular weight excluding hydrogens is 506 g/mol. The summed E-state index contributed by atoms with van der Waals surface area (Å²) >= 11 is 0. The fourth-order valence-corrected chi connectivity index (χ4v) is 4.44. The van der Waals surface area contributed by atoms with Gasteiger partial charge in [-0.25, -0.2) is 14.2 Å². The zero-order valence-electron chi connectivity index (χ0n) is 22.9. The number of fused-ring (bicyclic) bond motifs is 1. The van der Waals surface area contributed by atoms with Gasteiger partial charge in [-0.3, -0.25) is 4.79 Å². The van der Waals surface area contributed by atoms with Crippen molar-refractivity contribution in [3.05, 3.63) is 78.9 Å². The number of aromatic nitrogens is 7. The third-order valence-electron chi connectivity index (χ3n) is 6.43. The molecule has 0 saturated carbocycles. The highest BCUT2D eigenvalue weighted by Gasteiger charge is 2.14. The van der Waals surface area contributed by atoms with E-state index >= 15 is 0 Å². The Kier molecular flexibility index (Phi) is 8.41. The minimum absolute atomic E-state index is 0.0806. The van der Waals surface area contributed by atoms with Crippen LogP contribution in [0.4, 0.5) is 0 Å². The van der Waals surface area contributed by atoms with Crippen molar-refractivity contribution >= 4 is 11.6 Å². The number of hydrogen-bond acceptors (Lipinski definition) is 8. The molecule has 3 aromatic heterocycles. The van der Waals surface area contributed by atoms with Crippen LogP contribution in [0.3, 0.4) is 0 Å². The minimum Gasteiger partial charge on any atom is -0.489 e. The van der Waals surface area contributed by atoms with Crippen LogP contribution in [0.1, 0.15) is 30.1 Å². The fourth-order valence-electron chi connectivity index (χ4n) is 4.44.